The van der Waals surface area contributed by atoms with E-state index in [0.29, 0.717) is 39.1 Å². The summed E-state index contributed by atoms with van der Waals surface area (Å²) in [7, 11) is -3.21. The molecule has 2 aliphatic heterocycles. The van der Waals surface area contributed by atoms with Crippen LogP contribution in [0.4, 0.5) is 4.79 Å². The number of hydrogen-bond acceptors (Lipinski definition) is 4. The van der Waals surface area contributed by atoms with E-state index in [2.05, 4.69) is 11.4 Å². The summed E-state index contributed by atoms with van der Waals surface area (Å²) >= 11 is 0. The van der Waals surface area contributed by atoms with Crippen LogP contribution >= 0.6 is 0 Å². The van der Waals surface area contributed by atoms with Gasteiger partial charge < -0.3 is 15.0 Å². The SMILES string of the molecule is CCN(C1CCN(C(=O)N[C@@H]2COc3c2ccc(C)c3C)CC1)S(C)(=O)=O. The fourth-order valence-electron chi connectivity index (χ4n) is 4.01. The smallest absolute Gasteiger partial charge is 0.318 e. The molecule has 0 bridgehead atoms. The van der Waals surface area contributed by atoms with Gasteiger partial charge in [0.15, 0.2) is 0 Å². The van der Waals surface area contributed by atoms with Crippen molar-refractivity contribution >= 4 is 16.1 Å². The average molecular weight is 396 g/mol. The summed E-state index contributed by atoms with van der Waals surface area (Å²) in [4.78, 5) is 14.5. The van der Waals surface area contributed by atoms with Gasteiger partial charge >= 0.3 is 6.03 Å². The van der Waals surface area contributed by atoms with Crippen LogP contribution in [0.3, 0.4) is 0 Å². The summed E-state index contributed by atoms with van der Waals surface area (Å²) in [5, 5.41) is 3.07. The van der Waals surface area contributed by atoms with Crippen LogP contribution in [0, 0.1) is 13.8 Å². The Balaban J connectivity index is 1.60. The van der Waals surface area contributed by atoms with E-state index in [9.17, 15) is 13.2 Å². The third-order valence-electron chi connectivity index (χ3n) is 5.67. The van der Waals surface area contributed by atoms with Crippen LogP contribution in [0.25, 0.3) is 0 Å². The molecule has 27 heavy (non-hydrogen) atoms. The minimum Gasteiger partial charge on any atom is -0.490 e. The van der Waals surface area contributed by atoms with Crippen LogP contribution in [0.1, 0.15) is 42.5 Å². The lowest BCUT2D eigenvalue weighted by atomic mass is 10.0. The molecule has 1 saturated heterocycles. The van der Waals surface area contributed by atoms with Crippen LogP contribution in [0.2, 0.25) is 0 Å². The number of urea groups is 1. The van der Waals surface area contributed by atoms with Gasteiger partial charge in [0.05, 0.1) is 12.3 Å². The van der Waals surface area contributed by atoms with Gasteiger partial charge in [0.2, 0.25) is 10.0 Å². The fraction of sp³-hybridized carbons (Fsp3) is 0.632. The van der Waals surface area contributed by atoms with Gasteiger partial charge in [0.25, 0.3) is 0 Å². The van der Waals surface area contributed by atoms with Crippen molar-refractivity contribution < 1.29 is 17.9 Å². The van der Waals surface area contributed by atoms with Crippen molar-refractivity contribution in [1.82, 2.24) is 14.5 Å². The maximum atomic E-state index is 12.7. The lowest BCUT2D eigenvalue weighted by molar-refractivity contribution is 0.155. The molecule has 1 aromatic carbocycles. The number of sulfonamides is 1. The van der Waals surface area contributed by atoms with Crippen molar-refractivity contribution in [3.8, 4) is 5.75 Å². The van der Waals surface area contributed by atoms with E-state index in [4.69, 9.17) is 4.74 Å². The number of nitrogens with zero attached hydrogens (tertiary/aromatic N) is 2. The molecule has 0 saturated carbocycles. The Labute approximate surface area is 161 Å². The molecule has 0 aliphatic carbocycles. The minimum atomic E-state index is -3.21. The number of nitrogens with one attached hydrogen (secondary N) is 1. The summed E-state index contributed by atoms with van der Waals surface area (Å²) in [6, 6.07) is 3.78. The van der Waals surface area contributed by atoms with E-state index < -0.39 is 10.0 Å². The van der Waals surface area contributed by atoms with Gasteiger partial charge in [-0.05, 0) is 37.8 Å². The van der Waals surface area contributed by atoms with Crippen LogP contribution in [0.5, 0.6) is 5.75 Å². The van der Waals surface area contributed by atoms with Gasteiger partial charge in [-0.3, -0.25) is 0 Å². The number of hydrogen-bond donors (Lipinski definition) is 1. The van der Waals surface area contributed by atoms with Gasteiger partial charge in [-0.2, -0.15) is 4.31 Å². The molecule has 0 aromatic heterocycles. The zero-order chi connectivity index (χ0) is 19.8. The Morgan fingerprint density at radius 3 is 2.56 bits per heavy atom. The summed E-state index contributed by atoms with van der Waals surface area (Å²) in [5.41, 5.74) is 3.32. The molecule has 1 aromatic rings. The van der Waals surface area contributed by atoms with E-state index in [-0.39, 0.29) is 18.1 Å². The van der Waals surface area contributed by atoms with Crippen molar-refractivity contribution in [3.63, 3.8) is 0 Å². The van der Waals surface area contributed by atoms with Crippen molar-refractivity contribution in [2.24, 2.45) is 0 Å². The van der Waals surface area contributed by atoms with Crippen molar-refractivity contribution in [1.29, 1.82) is 0 Å². The minimum absolute atomic E-state index is 0.0322. The first-order chi connectivity index (χ1) is 12.7. The van der Waals surface area contributed by atoms with Crippen LogP contribution in [-0.4, -0.2) is 62.2 Å². The molecule has 1 atom stereocenters. The second-order valence-corrected chi connectivity index (χ2v) is 9.36. The molecule has 1 fully saturated rings. The number of ether oxygens (including phenoxy) is 1. The Morgan fingerprint density at radius 1 is 1.30 bits per heavy atom. The third-order valence-corrected chi connectivity index (χ3v) is 7.08. The van der Waals surface area contributed by atoms with Gasteiger partial charge in [-0.1, -0.05) is 19.1 Å². The molecule has 7 nitrogen and oxygen atoms in total. The molecule has 150 valence electrons. The molecule has 0 radical (unpaired) electrons. The highest BCUT2D eigenvalue weighted by molar-refractivity contribution is 7.88. The highest BCUT2D eigenvalue weighted by atomic mass is 32.2. The molecule has 0 spiro atoms. The first-order valence-corrected chi connectivity index (χ1v) is 11.3. The van der Waals surface area contributed by atoms with E-state index in [0.717, 1.165) is 16.9 Å². The third kappa shape index (κ3) is 4.06. The second kappa shape index (κ2) is 7.67. The van der Waals surface area contributed by atoms with Gasteiger partial charge in [-0.25, -0.2) is 13.2 Å². The normalized spacial score (nSPS) is 20.5. The molecular formula is C19H29N3O4S. The van der Waals surface area contributed by atoms with Crippen LogP contribution in [-0.2, 0) is 10.0 Å². The van der Waals surface area contributed by atoms with E-state index in [1.54, 1.807) is 4.90 Å². The predicted octanol–water partition coefficient (Wildman–Crippen LogP) is 2.19. The molecule has 2 heterocycles. The molecule has 2 amide bonds. The average Bonchev–Trinajstić information content (AvgIpc) is 3.01. The van der Waals surface area contributed by atoms with E-state index >= 15 is 0 Å². The lowest BCUT2D eigenvalue weighted by Gasteiger charge is -2.37. The first-order valence-electron chi connectivity index (χ1n) is 9.47. The Kier molecular flexibility index (Phi) is 5.67. The number of aryl methyl sites for hydroxylation is 1. The van der Waals surface area contributed by atoms with Crippen LogP contribution < -0.4 is 10.1 Å². The number of carbonyl (C=O) groups is 1. The Hall–Kier alpha value is -1.80. The highest BCUT2D eigenvalue weighted by Crippen LogP contribution is 2.36. The molecule has 2 aliphatic rings. The highest BCUT2D eigenvalue weighted by Gasteiger charge is 2.33. The predicted molar refractivity (Wildman–Crippen MR) is 105 cm³/mol. The molecule has 3 rings (SSSR count). The van der Waals surface area contributed by atoms with Crippen molar-refractivity contribution in [2.75, 3.05) is 32.5 Å². The summed E-state index contributed by atoms with van der Waals surface area (Å²) in [6.45, 7) is 7.94. The summed E-state index contributed by atoms with van der Waals surface area (Å²) in [5.74, 6) is 0.880. The number of likely N-dealkylation sites (tertiary alicyclic amines) is 1. The quantitative estimate of drug-likeness (QED) is 0.848. The first kappa shape index (κ1) is 19.9. The molecule has 8 heteroatoms. The molecule has 0 unspecified atom stereocenters. The monoisotopic (exact) mass is 395 g/mol. The van der Waals surface area contributed by atoms with E-state index in [1.807, 2.05) is 26.8 Å². The number of benzene rings is 1. The number of amides is 2. The fourth-order valence-corrected chi connectivity index (χ4v) is 5.24. The standard InChI is InChI=1S/C19H29N3O4S/c1-5-22(27(4,24)25)15-8-10-21(11-9-15)19(23)20-17-12-26-18-14(3)13(2)6-7-16(17)18/h6-7,15,17H,5,8-12H2,1-4H3,(H,20,23)/t17-/m1/s1. The maximum Gasteiger partial charge on any atom is 0.318 e. The number of piperidine rings is 1. The number of carbonyl (C=O) groups excluding carboxylic acids is 1. The summed E-state index contributed by atoms with van der Waals surface area (Å²) in [6.07, 6.45) is 2.56. The largest absolute Gasteiger partial charge is 0.490 e. The molecular weight excluding hydrogens is 366 g/mol. The van der Waals surface area contributed by atoms with Gasteiger partial charge in [0.1, 0.15) is 12.4 Å². The van der Waals surface area contributed by atoms with Gasteiger partial charge in [-0.15, -0.1) is 0 Å². The summed E-state index contributed by atoms with van der Waals surface area (Å²) < 4.78 is 31.1. The maximum absolute atomic E-state index is 12.7. The zero-order valence-corrected chi connectivity index (χ0v) is 17.3. The van der Waals surface area contributed by atoms with Crippen molar-refractivity contribution in [3.05, 3.63) is 28.8 Å². The Morgan fingerprint density at radius 2 is 1.96 bits per heavy atom. The topological polar surface area (TPSA) is 79.0 Å². The van der Waals surface area contributed by atoms with Crippen molar-refractivity contribution in [2.45, 2.75) is 45.7 Å². The van der Waals surface area contributed by atoms with Crippen LogP contribution in [0.15, 0.2) is 12.1 Å². The number of rotatable bonds is 4. The lowest BCUT2D eigenvalue weighted by Crippen LogP contribution is -2.51. The number of fused-ring (bicyclic) bond motifs is 1. The van der Waals surface area contributed by atoms with E-state index in [1.165, 1.54) is 16.1 Å². The zero-order valence-electron chi connectivity index (χ0n) is 16.5. The van der Waals surface area contributed by atoms with Gasteiger partial charge in [0, 0.05) is 31.2 Å². The second-order valence-electron chi connectivity index (χ2n) is 7.42. The Bertz CT molecular complexity index is 816. The molecule has 1 N–H and O–H groups in total.